The molecule has 1 aliphatic rings. The smallest absolute Gasteiger partial charge is 0.222 e. The van der Waals surface area contributed by atoms with Crippen molar-refractivity contribution >= 4 is 11.7 Å². The van der Waals surface area contributed by atoms with Crippen LogP contribution in [0.25, 0.3) is 0 Å². The largest absolute Gasteiger partial charge is 0.377 e. The van der Waals surface area contributed by atoms with Gasteiger partial charge in [0, 0.05) is 13.0 Å². The summed E-state index contributed by atoms with van der Waals surface area (Å²) in [5, 5.41) is 6.82. The summed E-state index contributed by atoms with van der Waals surface area (Å²) in [6, 6.07) is 2.05. The predicted octanol–water partition coefficient (Wildman–Crippen LogP) is 0.413. The molecule has 5 nitrogen and oxygen atoms in total. The third kappa shape index (κ3) is 1.55. The molecule has 0 aliphatic carbocycles. The average Bonchev–Trinajstić information content (AvgIpc) is 2.32. The Kier molecular flexibility index (Phi) is 2.02. The highest BCUT2D eigenvalue weighted by molar-refractivity contribution is 5.87. The molecule has 0 saturated carbocycles. The molecule has 1 aromatic rings. The summed E-state index contributed by atoms with van der Waals surface area (Å²) in [5.74, 6) is 0.655. The molecule has 0 spiro atoms. The summed E-state index contributed by atoms with van der Waals surface area (Å²) in [6.07, 6.45) is 1.67. The van der Waals surface area contributed by atoms with Gasteiger partial charge in [0.25, 0.3) is 0 Å². The van der Waals surface area contributed by atoms with E-state index in [9.17, 15) is 4.79 Å². The van der Waals surface area contributed by atoms with Crippen molar-refractivity contribution in [3.05, 3.63) is 12.3 Å². The molecule has 1 saturated heterocycles. The second-order valence-corrected chi connectivity index (χ2v) is 3.03. The first-order valence-electron chi connectivity index (χ1n) is 4.16. The van der Waals surface area contributed by atoms with Crippen molar-refractivity contribution in [2.45, 2.75) is 13.0 Å². The Morgan fingerprint density at radius 1 is 1.77 bits per heavy atom. The molecule has 2 rings (SSSR count). The summed E-state index contributed by atoms with van der Waals surface area (Å²) in [5.41, 5.74) is 0. The Bertz CT molecular complexity index is 317. The summed E-state index contributed by atoms with van der Waals surface area (Å²) < 4.78 is 6.83. The number of hydrogen-bond acceptors (Lipinski definition) is 3. The number of hydrogen-bond donors (Lipinski definition) is 1. The van der Waals surface area contributed by atoms with E-state index in [-0.39, 0.29) is 11.9 Å². The minimum atomic E-state index is -0.0815. The lowest BCUT2D eigenvalue weighted by molar-refractivity contribution is -0.114. The first-order valence-corrected chi connectivity index (χ1v) is 4.16. The van der Waals surface area contributed by atoms with Crippen LogP contribution < -0.4 is 5.32 Å². The van der Waals surface area contributed by atoms with Gasteiger partial charge in [-0.15, -0.1) is 0 Å². The maximum absolute atomic E-state index is 10.8. The number of anilines is 1. The van der Waals surface area contributed by atoms with E-state index in [1.165, 1.54) is 6.92 Å². The SMILES string of the molecule is CC(=O)Nc1ccnn1C1COC1. The fraction of sp³-hybridized carbons (Fsp3) is 0.500. The van der Waals surface area contributed by atoms with E-state index >= 15 is 0 Å². The maximum atomic E-state index is 10.8. The topological polar surface area (TPSA) is 56.2 Å². The summed E-state index contributed by atoms with van der Waals surface area (Å²) in [4.78, 5) is 10.8. The zero-order valence-corrected chi connectivity index (χ0v) is 7.36. The van der Waals surface area contributed by atoms with Crippen molar-refractivity contribution in [1.29, 1.82) is 0 Å². The van der Waals surface area contributed by atoms with E-state index in [0.29, 0.717) is 13.2 Å². The standard InChI is InChI=1S/C8H11N3O2/c1-6(12)10-8-2-3-9-11(8)7-4-13-5-7/h2-3,7H,4-5H2,1H3,(H,10,12). The Morgan fingerprint density at radius 2 is 2.54 bits per heavy atom. The Labute approximate surface area is 75.7 Å². The lowest BCUT2D eigenvalue weighted by Crippen LogP contribution is -2.32. The predicted molar refractivity (Wildman–Crippen MR) is 46.4 cm³/mol. The van der Waals surface area contributed by atoms with Crippen molar-refractivity contribution in [1.82, 2.24) is 9.78 Å². The minimum Gasteiger partial charge on any atom is -0.377 e. The minimum absolute atomic E-state index is 0.0815. The molecule has 1 aromatic heterocycles. The summed E-state index contributed by atoms with van der Waals surface area (Å²) >= 11 is 0. The number of nitrogens with zero attached hydrogens (tertiary/aromatic N) is 2. The zero-order chi connectivity index (χ0) is 9.26. The van der Waals surface area contributed by atoms with Crippen molar-refractivity contribution in [2.24, 2.45) is 0 Å². The monoisotopic (exact) mass is 181 g/mol. The van der Waals surface area contributed by atoms with E-state index in [1.807, 2.05) is 0 Å². The Hall–Kier alpha value is -1.36. The highest BCUT2D eigenvalue weighted by atomic mass is 16.5. The van der Waals surface area contributed by atoms with Crippen molar-refractivity contribution in [2.75, 3.05) is 18.5 Å². The van der Waals surface area contributed by atoms with E-state index in [0.717, 1.165) is 5.82 Å². The Morgan fingerprint density at radius 3 is 3.08 bits per heavy atom. The van der Waals surface area contributed by atoms with Gasteiger partial charge in [-0.1, -0.05) is 0 Å². The summed E-state index contributed by atoms with van der Waals surface area (Å²) in [7, 11) is 0. The van der Waals surface area contributed by atoms with Crippen LogP contribution in [0, 0.1) is 0 Å². The summed E-state index contributed by atoms with van der Waals surface area (Å²) in [6.45, 7) is 2.83. The molecular weight excluding hydrogens is 170 g/mol. The number of rotatable bonds is 2. The van der Waals surface area contributed by atoms with Gasteiger partial charge in [-0.25, -0.2) is 4.68 Å². The van der Waals surface area contributed by atoms with Crippen molar-refractivity contribution in [3.8, 4) is 0 Å². The van der Waals surface area contributed by atoms with E-state index in [2.05, 4.69) is 10.4 Å². The molecule has 1 aliphatic heterocycles. The normalized spacial score (nSPS) is 16.7. The van der Waals surface area contributed by atoms with Crippen LogP contribution in [-0.4, -0.2) is 28.9 Å². The van der Waals surface area contributed by atoms with Crippen LogP contribution in [0.3, 0.4) is 0 Å². The second-order valence-electron chi connectivity index (χ2n) is 3.03. The highest BCUT2D eigenvalue weighted by Gasteiger charge is 2.23. The molecular formula is C8H11N3O2. The quantitative estimate of drug-likeness (QED) is 0.719. The van der Waals surface area contributed by atoms with Gasteiger partial charge in [-0.05, 0) is 0 Å². The maximum Gasteiger partial charge on any atom is 0.222 e. The number of ether oxygens (including phenoxy) is 1. The van der Waals surface area contributed by atoms with Crippen LogP contribution in [0.1, 0.15) is 13.0 Å². The molecule has 0 radical (unpaired) electrons. The average molecular weight is 181 g/mol. The van der Waals surface area contributed by atoms with Crippen LogP contribution in [0.15, 0.2) is 12.3 Å². The molecule has 0 aromatic carbocycles. The van der Waals surface area contributed by atoms with Crippen LogP contribution >= 0.6 is 0 Å². The van der Waals surface area contributed by atoms with E-state index in [4.69, 9.17) is 4.74 Å². The number of carbonyl (C=O) groups is 1. The van der Waals surface area contributed by atoms with Gasteiger partial charge >= 0.3 is 0 Å². The fourth-order valence-corrected chi connectivity index (χ4v) is 1.25. The zero-order valence-electron chi connectivity index (χ0n) is 7.36. The Balaban J connectivity index is 2.14. The van der Waals surface area contributed by atoms with E-state index in [1.54, 1.807) is 16.9 Å². The number of carbonyl (C=O) groups excluding carboxylic acids is 1. The van der Waals surface area contributed by atoms with Crippen molar-refractivity contribution in [3.63, 3.8) is 0 Å². The van der Waals surface area contributed by atoms with Gasteiger partial charge in [0.2, 0.25) is 5.91 Å². The molecule has 2 heterocycles. The molecule has 0 bridgehead atoms. The lowest BCUT2D eigenvalue weighted by atomic mass is 10.3. The van der Waals surface area contributed by atoms with Crippen LogP contribution in [0.5, 0.6) is 0 Å². The molecule has 1 N–H and O–H groups in total. The van der Waals surface area contributed by atoms with Gasteiger partial charge in [-0.2, -0.15) is 5.10 Å². The van der Waals surface area contributed by atoms with Crippen LogP contribution in [0.4, 0.5) is 5.82 Å². The van der Waals surface area contributed by atoms with Gasteiger partial charge < -0.3 is 10.1 Å². The van der Waals surface area contributed by atoms with E-state index < -0.39 is 0 Å². The third-order valence-corrected chi connectivity index (χ3v) is 1.94. The molecule has 1 fully saturated rings. The first kappa shape index (κ1) is 8.25. The second kappa shape index (κ2) is 3.18. The highest BCUT2D eigenvalue weighted by Crippen LogP contribution is 2.20. The van der Waals surface area contributed by atoms with Crippen LogP contribution in [-0.2, 0) is 9.53 Å². The molecule has 1 amide bonds. The van der Waals surface area contributed by atoms with Gasteiger partial charge in [0.1, 0.15) is 11.9 Å². The lowest BCUT2D eigenvalue weighted by Gasteiger charge is -2.27. The molecule has 0 atom stereocenters. The molecule has 70 valence electrons. The molecule has 13 heavy (non-hydrogen) atoms. The number of amides is 1. The number of aromatic nitrogens is 2. The third-order valence-electron chi connectivity index (χ3n) is 1.94. The molecule has 5 heteroatoms. The first-order chi connectivity index (χ1) is 6.27. The fourth-order valence-electron chi connectivity index (χ4n) is 1.25. The number of nitrogens with one attached hydrogen (secondary N) is 1. The molecule has 0 unspecified atom stereocenters. The van der Waals surface area contributed by atoms with Crippen LogP contribution in [0.2, 0.25) is 0 Å². The van der Waals surface area contributed by atoms with Gasteiger partial charge in [0.15, 0.2) is 0 Å². The van der Waals surface area contributed by atoms with Crippen molar-refractivity contribution < 1.29 is 9.53 Å². The van der Waals surface area contributed by atoms with Gasteiger partial charge in [-0.3, -0.25) is 4.79 Å². The van der Waals surface area contributed by atoms with Gasteiger partial charge in [0.05, 0.1) is 19.4 Å².